The zero-order chi connectivity index (χ0) is 18.3. The number of amides is 1. The molecule has 1 aliphatic carbocycles. The molecular formula is C20H17FIN3O. The maximum absolute atomic E-state index is 14.2. The van der Waals surface area contributed by atoms with Crippen molar-refractivity contribution in [1.82, 2.24) is 9.78 Å². The van der Waals surface area contributed by atoms with Crippen molar-refractivity contribution in [2.45, 2.75) is 26.2 Å². The molecule has 0 fully saturated rings. The van der Waals surface area contributed by atoms with Crippen LogP contribution in [0.4, 0.5) is 10.1 Å². The van der Waals surface area contributed by atoms with Gasteiger partial charge in [0.05, 0.1) is 0 Å². The van der Waals surface area contributed by atoms with E-state index < -0.39 is 0 Å². The summed E-state index contributed by atoms with van der Waals surface area (Å²) < 4.78 is 16.9. The summed E-state index contributed by atoms with van der Waals surface area (Å²) in [6.45, 7) is 1.96. The summed E-state index contributed by atoms with van der Waals surface area (Å²) in [5.41, 5.74) is 4.39. The van der Waals surface area contributed by atoms with Crippen molar-refractivity contribution < 1.29 is 9.18 Å². The number of nitrogens with one attached hydrogen (secondary N) is 1. The van der Waals surface area contributed by atoms with Gasteiger partial charge in [0.1, 0.15) is 11.5 Å². The first-order chi connectivity index (χ1) is 12.5. The molecule has 0 bridgehead atoms. The fourth-order valence-electron chi connectivity index (χ4n) is 3.39. The molecule has 6 heteroatoms. The van der Waals surface area contributed by atoms with E-state index in [4.69, 9.17) is 0 Å². The monoisotopic (exact) mass is 461 g/mol. The Morgan fingerprint density at radius 1 is 1.23 bits per heavy atom. The first-order valence-electron chi connectivity index (χ1n) is 8.48. The average Bonchev–Trinajstić information content (AvgIpc) is 3.20. The molecule has 0 radical (unpaired) electrons. The first kappa shape index (κ1) is 17.2. The predicted octanol–water partition coefficient (Wildman–Crippen LogP) is 4.67. The van der Waals surface area contributed by atoms with Crippen molar-refractivity contribution >= 4 is 34.2 Å². The molecule has 1 heterocycles. The van der Waals surface area contributed by atoms with Crippen LogP contribution in [-0.4, -0.2) is 15.7 Å². The van der Waals surface area contributed by atoms with Crippen molar-refractivity contribution in [3.05, 3.63) is 74.4 Å². The molecule has 4 nitrogen and oxygen atoms in total. The van der Waals surface area contributed by atoms with E-state index in [2.05, 4.69) is 33.0 Å². The van der Waals surface area contributed by atoms with Crippen LogP contribution in [0, 0.1) is 16.3 Å². The van der Waals surface area contributed by atoms with Crippen LogP contribution in [0.2, 0.25) is 0 Å². The number of hydrogen-bond donors (Lipinski definition) is 1. The van der Waals surface area contributed by atoms with Gasteiger partial charge in [-0.05, 0) is 84.7 Å². The second-order valence-electron chi connectivity index (χ2n) is 6.40. The van der Waals surface area contributed by atoms with Gasteiger partial charge in [-0.3, -0.25) is 4.79 Å². The minimum absolute atomic E-state index is 0.248. The summed E-state index contributed by atoms with van der Waals surface area (Å²) >= 11 is 2.24. The summed E-state index contributed by atoms with van der Waals surface area (Å²) in [5.74, 6) is -0.590. The van der Waals surface area contributed by atoms with E-state index in [0.717, 1.165) is 45.3 Å². The molecule has 0 saturated heterocycles. The van der Waals surface area contributed by atoms with Crippen molar-refractivity contribution in [1.29, 1.82) is 0 Å². The lowest BCUT2D eigenvalue weighted by molar-refractivity contribution is 0.102. The van der Waals surface area contributed by atoms with Gasteiger partial charge in [-0.15, -0.1) is 0 Å². The molecule has 3 aromatic rings. The smallest absolute Gasteiger partial charge is 0.276 e. The molecule has 1 N–H and O–H groups in total. The van der Waals surface area contributed by atoms with E-state index >= 15 is 0 Å². The van der Waals surface area contributed by atoms with Crippen molar-refractivity contribution in [2.24, 2.45) is 0 Å². The second kappa shape index (κ2) is 6.83. The van der Waals surface area contributed by atoms with Crippen molar-refractivity contribution in [2.75, 3.05) is 5.32 Å². The van der Waals surface area contributed by atoms with Gasteiger partial charge >= 0.3 is 0 Å². The van der Waals surface area contributed by atoms with E-state index in [-0.39, 0.29) is 11.7 Å². The Balaban J connectivity index is 1.72. The average molecular weight is 461 g/mol. The molecule has 1 aromatic heterocycles. The highest BCUT2D eigenvalue weighted by molar-refractivity contribution is 14.1. The SMILES string of the molecule is Cc1cc(I)ccc1NC(=O)c1nn(-c2ccccc2F)c2c1CCC2. The van der Waals surface area contributed by atoms with E-state index in [1.54, 1.807) is 22.9 Å². The number of anilines is 1. The van der Waals surface area contributed by atoms with Crippen LogP contribution in [0.25, 0.3) is 5.69 Å². The maximum atomic E-state index is 14.2. The molecule has 0 spiro atoms. The van der Waals surface area contributed by atoms with Gasteiger partial charge in [-0.25, -0.2) is 9.07 Å². The normalized spacial score (nSPS) is 12.9. The lowest BCUT2D eigenvalue weighted by Gasteiger charge is -2.08. The van der Waals surface area contributed by atoms with E-state index in [0.29, 0.717) is 11.4 Å². The zero-order valence-electron chi connectivity index (χ0n) is 14.2. The van der Waals surface area contributed by atoms with Crippen LogP contribution in [0.5, 0.6) is 0 Å². The number of benzene rings is 2. The minimum Gasteiger partial charge on any atom is -0.320 e. The summed E-state index contributed by atoms with van der Waals surface area (Å²) in [6, 6.07) is 12.4. The number of aryl methyl sites for hydroxylation is 1. The highest BCUT2D eigenvalue weighted by Gasteiger charge is 2.28. The van der Waals surface area contributed by atoms with E-state index in [9.17, 15) is 9.18 Å². The largest absolute Gasteiger partial charge is 0.320 e. The highest BCUT2D eigenvalue weighted by Crippen LogP contribution is 2.29. The van der Waals surface area contributed by atoms with Crippen LogP contribution in [0.1, 0.15) is 33.7 Å². The Bertz CT molecular complexity index is 1010. The molecule has 0 unspecified atom stereocenters. The van der Waals surface area contributed by atoms with E-state index in [1.807, 2.05) is 25.1 Å². The molecule has 26 heavy (non-hydrogen) atoms. The quantitative estimate of drug-likeness (QED) is 0.577. The fraction of sp³-hybridized carbons (Fsp3) is 0.200. The van der Waals surface area contributed by atoms with Crippen LogP contribution >= 0.6 is 22.6 Å². The summed E-state index contributed by atoms with van der Waals surface area (Å²) in [5, 5.41) is 7.42. The molecule has 1 amide bonds. The summed E-state index contributed by atoms with van der Waals surface area (Å²) in [4.78, 5) is 12.9. The van der Waals surface area contributed by atoms with Gasteiger partial charge in [-0.1, -0.05) is 12.1 Å². The number of para-hydroxylation sites is 1. The number of rotatable bonds is 3. The Hall–Kier alpha value is -2.22. The molecule has 1 aliphatic rings. The summed E-state index contributed by atoms with van der Waals surface area (Å²) in [6.07, 6.45) is 2.54. The van der Waals surface area contributed by atoms with Crippen molar-refractivity contribution in [3.8, 4) is 5.69 Å². The lowest BCUT2D eigenvalue weighted by Crippen LogP contribution is -2.15. The maximum Gasteiger partial charge on any atom is 0.276 e. The number of nitrogens with zero attached hydrogens (tertiary/aromatic N) is 2. The Morgan fingerprint density at radius 2 is 2.04 bits per heavy atom. The molecule has 2 aromatic carbocycles. The van der Waals surface area contributed by atoms with Gasteiger partial charge in [0, 0.05) is 20.5 Å². The topological polar surface area (TPSA) is 46.9 Å². The zero-order valence-corrected chi connectivity index (χ0v) is 16.4. The second-order valence-corrected chi connectivity index (χ2v) is 7.65. The number of carbonyl (C=O) groups is 1. The van der Waals surface area contributed by atoms with Crippen LogP contribution in [0.3, 0.4) is 0 Å². The standard InChI is InChI=1S/C20H17FIN3O/c1-12-11-13(22)9-10-16(12)23-20(26)19-14-5-4-8-17(14)25(24-19)18-7-3-2-6-15(18)21/h2-3,6-7,9-11H,4-5,8H2,1H3,(H,23,26). The van der Waals surface area contributed by atoms with Gasteiger partial charge in [0.2, 0.25) is 0 Å². The number of halogens is 2. The Kier molecular flexibility index (Phi) is 4.52. The Labute approximate surface area is 164 Å². The fourth-order valence-corrected chi connectivity index (χ4v) is 4.04. The third-order valence-corrected chi connectivity index (χ3v) is 5.33. The summed E-state index contributed by atoms with van der Waals surface area (Å²) in [7, 11) is 0. The first-order valence-corrected chi connectivity index (χ1v) is 9.55. The number of aromatic nitrogens is 2. The molecule has 0 saturated carbocycles. The van der Waals surface area contributed by atoms with Crippen LogP contribution in [-0.2, 0) is 12.8 Å². The van der Waals surface area contributed by atoms with Crippen molar-refractivity contribution in [3.63, 3.8) is 0 Å². The number of carbonyl (C=O) groups excluding carboxylic acids is 1. The van der Waals surface area contributed by atoms with E-state index in [1.165, 1.54) is 6.07 Å². The predicted molar refractivity (Wildman–Crippen MR) is 107 cm³/mol. The lowest BCUT2D eigenvalue weighted by atomic mass is 10.1. The molecule has 0 aliphatic heterocycles. The van der Waals surface area contributed by atoms with Crippen LogP contribution < -0.4 is 5.32 Å². The Morgan fingerprint density at radius 3 is 2.81 bits per heavy atom. The molecule has 4 rings (SSSR count). The molecule has 0 atom stereocenters. The van der Waals surface area contributed by atoms with Gasteiger partial charge in [0.25, 0.3) is 5.91 Å². The minimum atomic E-state index is -0.342. The van der Waals surface area contributed by atoms with Crippen LogP contribution in [0.15, 0.2) is 42.5 Å². The van der Waals surface area contributed by atoms with Gasteiger partial charge in [-0.2, -0.15) is 5.10 Å². The third-order valence-electron chi connectivity index (χ3n) is 4.66. The molecule has 132 valence electrons. The molecular weight excluding hydrogens is 444 g/mol. The van der Waals surface area contributed by atoms with Gasteiger partial charge in [0.15, 0.2) is 5.69 Å². The number of hydrogen-bond acceptors (Lipinski definition) is 2. The number of fused-ring (bicyclic) bond motifs is 1. The van der Waals surface area contributed by atoms with Gasteiger partial charge < -0.3 is 5.32 Å². The third kappa shape index (κ3) is 3.02. The highest BCUT2D eigenvalue weighted by atomic mass is 127.